The SMILES string of the molecule is CN(C(=O)NCC(C1CC1)C1CC1)C(C)(C)C(=O)O. The molecule has 2 aliphatic carbocycles. The van der Waals surface area contributed by atoms with Gasteiger partial charge in [0.2, 0.25) is 0 Å². The summed E-state index contributed by atoms with van der Waals surface area (Å²) in [5, 5.41) is 12.0. The maximum atomic E-state index is 12.0. The Morgan fingerprint density at radius 1 is 1.26 bits per heavy atom. The summed E-state index contributed by atoms with van der Waals surface area (Å²) in [6.07, 6.45) is 5.14. The van der Waals surface area contributed by atoms with Gasteiger partial charge in [0.05, 0.1) is 0 Å². The van der Waals surface area contributed by atoms with Gasteiger partial charge in [-0.3, -0.25) is 0 Å². The third kappa shape index (κ3) is 3.19. The number of aliphatic carboxylic acids is 1. The zero-order valence-corrected chi connectivity index (χ0v) is 12.0. The molecule has 2 fully saturated rings. The molecule has 5 nitrogen and oxygen atoms in total. The minimum absolute atomic E-state index is 0.293. The average molecular weight is 268 g/mol. The Bertz CT molecular complexity index is 361. The smallest absolute Gasteiger partial charge is 0.329 e. The van der Waals surface area contributed by atoms with Crippen molar-refractivity contribution < 1.29 is 14.7 Å². The maximum Gasteiger partial charge on any atom is 0.329 e. The van der Waals surface area contributed by atoms with Gasteiger partial charge in [-0.1, -0.05) is 0 Å². The van der Waals surface area contributed by atoms with E-state index < -0.39 is 11.5 Å². The maximum absolute atomic E-state index is 12.0. The van der Waals surface area contributed by atoms with E-state index in [1.807, 2.05) is 0 Å². The average Bonchev–Trinajstić information content (AvgIpc) is 3.20. The molecule has 0 aromatic rings. The molecule has 5 heteroatoms. The van der Waals surface area contributed by atoms with Crippen LogP contribution in [0, 0.1) is 17.8 Å². The summed E-state index contributed by atoms with van der Waals surface area (Å²) in [5.74, 6) is 1.17. The molecule has 0 unspecified atom stereocenters. The van der Waals surface area contributed by atoms with Crippen molar-refractivity contribution in [3.05, 3.63) is 0 Å². The summed E-state index contributed by atoms with van der Waals surface area (Å²) in [4.78, 5) is 24.4. The van der Waals surface area contributed by atoms with Crippen LogP contribution >= 0.6 is 0 Å². The van der Waals surface area contributed by atoms with Gasteiger partial charge in [0, 0.05) is 13.6 Å². The lowest BCUT2D eigenvalue weighted by molar-refractivity contribution is -0.146. The third-order valence-electron chi connectivity index (χ3n) is 4.61. The number of hydrogen-bond donors (Lipinski definition) is 2. The summed E-state index contributed by atoms with van der Waals surface area (Å²) >= 11 is 0. The van der Waals surface area contributed by atoms with Gasteiger partial charge < -0.3 is 15.3 Å². The van der Waals surface area contributed by atoms with E-state index in [1.54, 1.807) is 0 Å². The van der Waals surface area contributed by atoms with E-state index in [9.17, 15) is 9.59 Å². The van der Waals surface area contributed by atoms with Crippen molar-refractivity contribution in [1.82, 2.24) is 10.2 Å². The molecule has 0 saturated heterocycles. The predicted molar refractivity (Wildman–Crippen MR) is 71.8 cm³/mol. The molecule has 0 spiro atoms. The molecular weight excluding hydrogens is 244 g/mol. The summed E-state index contributed by atoms with van der Waals surface area (Å²) in [5.41, 5.74) is -1.18. The van der Waals surface area contributed by atoms with Gasteiger partial charge in [0.1, 0.15) is 5.54 Å². The fourth-order valence-corrected chi connectivity index (χ4v) is 2.49. The number of carbonyl (C=O) groups is 2. The summed E-state index contributed by atoms with van der Waals surface area (Å²) in [6.45, 7) is 3.76. The number of hydrogen-bond acceptors (Lipinski definition) is 2. The lowest BCUT2D eigenvalue weighted by Crippen LogP contribution is -2.54. The second kappa shape index (κ2) is 5.02. The van der Waals surface area contributed by atoms with Crippen molar-refractivity contribution in [2.45, 2.75) is 45.1 Å². The van der Waals surface area contributed by atoms with Crippen LogP contribution in [0.15, 0.2) is 0 Å². The Kier molecular flexibility index (Phi) is 3.74. The van der Waals surface area contributed by atoms with Crippen LogP contribution < -0.4 is 5.32 Å². The van der Waals surface area contributed by atoms with Crippen LogP contribution in [-0.4, -0.2) is 41.1 Å². The van der Waals surface area contributed by atoms with E-state index in [0.717, 1.165) is 11.8 Å². The van der Waals surface area contributed by atoms with Crippen molar-refractivity contribution in [3.8, 4) is 0 Å². The summed E-state index contributed by atoms with van der Waals surface area (Å²) in [7, 11) is 1.53. The highest BCUT2D eigenvalue weighted by atomic mass is 16.4. The molecule has 0 heterocycles. The van der Waals surface area contributed by atoms with E-state index in [4.69, 9.17) is 5.11 Å². The molecule has 108 valence electrons. The molecule has 2 N–H and O–H groups in total. The standard InChI is InChI=1S/C14H24N2O3/c1-14(2,12(17)18)16(3)13(19)15-8-11(9-4-5-9)10-6-7-10/h9-11H,4-8H2,1-3H3,(H,15,19)(H,17,18). The largest absolute Gasteiger partial charge is 0.480 e. The van der Waals surface area contributed by atoms with Crippen molar-refractivity contribution in [2.75, 3.05) is 13.6 Å². The van der Waals surface area contributed by atoms with Crippen LogP contribution in [0.3, 0.4) is 0 Å². The van der Waals surface area contributed by atoms with Crippen LogP contribution in [0.5, 0.6) is 0 Å². The molecule has 0 aromatic carbocycles. The zero-order chi connectivity index (χ0) is 14.2. The molecule has 0 aromatic heterocycles. The van der Waals surface area contributed by atoms with E-state index in [1.165, 1.54) is 51.5 Å². The van der Waals surface area contributed by atoms with Crippen molar-refractivity contribution in [2.24, 2.45) is 17.8 Å². The fraction of sp³-hybridized carbons (Fsp3) is 0.857. The van der Waals surface area contributed by atoms with Gasteiger partial charge in [-0.05, 0) is 57.3 Å². The van der Waals surface area contributed by atoms with E-state index in [-0.39, 0.29) is 6.03 Å². The zero-order valence-electron chi connectivity index (χ0n) is 12.0. The van der Waals surface area contributed by atoms with Gasteiger partial charge in [-0.15, -0.1) is 0 Å². The summed E-state index contributed by atoms with van der Waals surface area (Å²) < 4.78 is 0. The number of urea groups is 1. The Balaban J connectivity index is 1.84. The predicted octanol–water partition coefficient (Wildman–Crippen LogP) is 1.93. The van der Waals surface area contributed by atoms with Gasteiger partial charge in [-0.25, -0.2) is 9.59 Å². The highest BCUT2D eigenvalue weighted by Gasteiger charge is 2.42. The lowest BCUT2D eigenvalue weighted by Gasteiger charge is -2.32. The van der Waals surface area contributed by atoms with Crippen LogP contribution in [0.1, 0.15) is 39.5 Å². The Labute approximate surface area is 114 Å². The normalized spacial score (nSPS) is 19.4. The second-order valence-electron chi connectivity index (χ2n) is 6.45. The number of nitrogens with one attached hydrogen (secondary N) is 1. The van der Waals surface area contributed by atoms with Gasteiger partial charge in [0.25, 0.3) is 0 Å². The van der Waals surface area contributed by atoms with Crippen LogP contribution in [0.2, 0.25) is 0 Å². The van der Waals surface area contributed by atoms with Gasteiger partial charge in [0.15, 0.2) is 0 Å². The van der Waals surface area contributed by atoms with E-state index in [0.29, 0.717) is 12.5 Å². The first kappa shape index (κ1) is 14.2. The lowest BCUT2D eigenvalue weighted by atomic mass is 9.98. The van der Waals surface area contributed by atoms with Gasteiger partial charge in [-0.2, -0.15) is 0 Å². The van der Waals surface area contributed by atoms with Crippen LogP contribution in [0.25, 0.3) is 0 Å². The van der Waals surface area contributed by atoms with Gasteiger partial charge >= 0.3 is 12.0 Å². The summed E-state index contributed by atoms with van der Waals surface area (Å²) in [6, 6.07) is -0.293. The molecule has 2 saturated carbocycles. The Hall–Kier alpha value is -1.26. The number of carboxylic acids is 1. The first-order valence-corrected chi connectivity index (χ1v) is 7.09. The molecular formula is C14H24N2O3. The number of carboxylic acid groups (broad SMARTS) is 1. The highest BCUT2D eigenvalue weighted by Crippen LogP contribution is 2.48. The number of rotatable bonds is 6. The van der Waals surface area contributed by atoms with Crippen molar-refractivity contribution in [3.63, 3.8) is 0 Å². The second-order valence-corrected chi connectivity index (χ2v) is 6.45. The number of nitrogens with zero attached hydrogens (tertiary/aromatic N) is 1. The molecule has 2 amide bonds. The quantitative estimate of drug-likeness (QED) is 0.773. The number of likely N-dealkylation sites (N-methyl/N-ethyl adjacent to an activating group) is 1. The van der Waals surface area contributed by atoms with E-state index in [2.05, 4.69) is 5.32 Å². The Morgan fingerprint density at radius 2 is 1.74 bits per heavy atom. The molecule has 0 bridgehead atoms. The van der Waals surface area contributed by atoms with Crippen LogP contribution in [-0.2, 0) is 4.79 Å². The molecule has 0 radical (unpaired) electrons. The first-order chi connectivity index (χ1) is 8.84. The number of amides is 2. The third-order valence-corrected chi connectivity index (χ3v) is 4.61. The molecule has 2 rings (SSSR count). The van der Waals surface area contributed by atoms with Crippen LogP contribution in [0.4, 0.5) is 4.79 Å². The monoisotopic (exact) mass is 268 g/mol. The van der Waals surface area contributed by atoms with Crippen molar-refractivity contribution >= 4 is 12.0 Å². The molecule has 2 aliphatic rings. The fourth-order valence-electron chi connectivity index (χ4n) is 2.49. The van der Waals surface area contributed by atoms with Crippen molar-refractivity contribution in [1.29, 1.82) is 0 Å². The minimum Gasteiger partial charge on any atom is -0.480 e. The minimum atomic E-state index is -1.18. The molecule has 19 heavy (non-hydrogen) atoms. The first-order valence-electron chi connectivity index (χ1n) is 7.09. The Morgan fingerprint density at radius 3 is 2.11 bits per heavy atom. The molecule has 0 aliphatic heterocycles. The topological polar surface area (TPSA) is 69.6 Å². The molecule has 0 atom stereocenters. The van der Waals surface area contributed by atoms with E-state index >= 15 is 0 Å². The highest BCUT2D eigenvalue weighted by molar-refractivity contribution is 5.85. The number of carbonyl (C=O) groups excluding carboxylic acids is 1.